The van der Waals surface area contributed by atoms with Gasteiger partial charge >= 0.3 is 5.97 Å². The summed E-state index contributed by atoms with van der Waals surface area (Å²) >= 11 is 0. The van der Waals surface area contributed by atoms with Gasteiger partial charge in [-0.2, -0.15) is 0 Å². The minimum absolute atomic E-state index is 0.0703. The first-order chi connectivity index (χ1) is 17.3. The molecular formula is C28H36O8. The smallest absolute Gasteiger partial charge is 0.331 e. The zero-order chi connectivity index (χ0) is 26.4. The molecule has 196 valence electrons. The lowest BCUT2D eigenvalue weighted by molar-refractivity contribution is -0.133. The number of ether oxygens (including phenoxy) is 6. The van der Waals surface area contributed by atoms with Crippen LogP contribution in [0.25, 0.3) is 0 Å². The van der Waals surface area contributed by atoms with Gasteiger partial charge in [-0.3, -0.25) is 0 Å². The van der Waals surface area contributed by atoms with E-state index in [0.717, 1.165) is 16.7 Å². The summed E-state index contributed by atoms with van der Waals surface area (Å²) in [6.07, 6.45) is 0.719. The fourth-order valence-electron chi connectivity index (χ4n) is 4.87. The zero-order valence-electron chi connectivity index (χ0n) is 22.0. The molecule has 1 aliphatic heterocycles. The molecular weight excluding hydrogens is 464 g/mol. The molecule has 1 N–H and O–H groups in total. The van der Waals surface area contributed by atoms with Crippen LogP contribution in [0, 0.1) is 11.8 Å². The topological polar surface area (TPSA) is 92.7 Å². The number of allylic oxidation sites excluding steroid dienone is 1. The average molecular weight is 501 g/mol. The van der Waals surface area contributed by atoms with Crippen LogP contribution in [0.1, 0.15) is 37.5 Å². The molecule has 2 aromatic carbocycles. The number of hydrogen-bond acceptors (Lipinski definition) is 7. The van der Waals surface area contributed by atoms with Crippen LogP contribution in [-0.4, -0.2) is 53.2 Å². The number of carboxylic acids is 1. The van der Waals surface area contributed by atoms with Crippen molar-refractivity contribution in [2.45, 2.75) is 32.8 Å². The minimum atomic E-state index is -0.907. The summed E-state index contributed by atoms with van der Waals surface area (Å²) in [7, 11) is 7.91. The molecule has 0 spiro atoms. The molecule has 2 aromatic rings. The Morgan fingerprint density at radius 3 is 2.00 bits per heavy atom. The van der Waals surface area contributed by atoms with Gasteiger partial charge in [0.2, 0.25) is 5.75 Å². The van der Waals surface area contributed by atoms with Gasteiger partial charge in [-0.05, 0) is 73.9 Å². The lowest BCUT2D eigenvalue weighted by Crippen LogP contribution is -2.21. The summed E-state index contributed by atoms with van der Waals surface area (Å²) in [5, 5.41) is 9.91. The second-order valence-electron chi connectivity index (χ2n) is 9.02. The number of benzene rings is 2. The Morgan fingerprint density at radius 2 is 1.50 bits per heavy atom. The number of rotatable bonds is 11. The molecule has 36 heavy (non-hydrogen) atoms. The Labute approximate surface area is 212 Å². The summed E-state index contributed by atoms with van der Waals surface area (Å²) in [5.74, 6) is 1.93. The van der Waals surface area contributed by atoms with Crippen molar-refractivity contribution in [3.8, 4) is 28.7 Å². The van der Waals surface area contributed by atoms with Crippen LogP contribution in [0.15, 0.2) is 41.5 Å². The Kier molecular flexibility index (Phi) is 9.09. The predicted molar refractivity (Wildman–Crippen MR) is 136 cm³/mol. The molecule has 3 atom stereocenters. The second kappa shape index (κ2) is 12.0. The number of aliphatic carboxylic acids is 1. The van der Waals surface area contributed by atoms with Gasteiger partial charge in [0.05, 0.1) is 48.3 Å². The molecule has 0 unspecified atom stereocenters. The fraction of sp³-hybridized carbons (Fsp3) is 0.464. The first-order valence-electron chi connectivity index (χ1n) is 11.8. The highest BCUT2D eigenvalue weighted by Crippen LogP contribution is 2.48. The summed E-state index contributed by atoms with van der Waals surface area (Å²) in [4.78, 5) is 12.1. The third kappa shape index (κ3) is 5.70. The maximum absolute atomic E-state index is 12.1. The molecule has 0 aromatic heterocycles. The fourth-order valence-corrected chi connectivity index (χ4v) is 4.87. The van der Waals surface area contributed by atoms with Crippen LogP contribution in [0.5, 0.6) is 28.7 Å². The maximum atomic E-state index is 12.1. The van der Waals surface area contributed by atoms with Crippen molar-refractivity contribution in [3.05, 3.63) is 52.6 Å². The molecule has 1 fully saturated rings. The first-order valence-corrected chi connectivity index (χ1v) is 11.8. The summed E-state index contributed by atoms with van der Waals surface area (Å²) in [6.45, 7) is 4.14. The van der Waals surface area contributed by atoms with Crippen LogP contribution in [0.2, 0.25) is 0 Å². The Balaban J connectivity index is 2.02. The van der Waals surface area contributed by atoms with Crippen LogP contribution < -0.4 is 23.7 Å². The normalized spacial score (nSPS) is 18.9. The monoisotopic (exact) mass is 500 g/mol. The van der Waals surface area contributed by atoms with Gasteiger partial charge in [-0.1, -0.05) is 11.6 Å². The average Bonchev–Trinajstić information content (AvgIpc) is 3.27. The summed E-state index contributed by atoms with van der Waals surface area (Å²) in [5.41, 5.74) is 3.09. The first kappa shape index (κ1) is 27.2. The summed E-state index contributed by atoms with van der Waals surface area (Å²) in [6, 6.07) is 9.60. The molecule has 3 rings (SSSR count). The highest BCUT2D eigenvalue weighted by Gasteiger charge is 2.40. The zero-order valence-corrected chi connectivity index (χ0v) is 22.0. The van der Waals surface area contributed by atoms with Crippen molar-refractivity contribution < 1.29 is 38.3 Å². The summed E-state index contributed by atoms with van der Waals surface area (Å²) < 4.78 is 33.8. The lowest BCUT2D eigenvalue weighted by Gasteiger charge is -2.25. The van der Waals surface area contributed by atoms with Crippen molar-refractivity contribution >= 4 is 5.97 Å². The minimum Gasteiger partial charge on any atom is -0.493 e. The molecule has 0 aliphatic carbocycles. The molecule has 1 saturated heterocycles. The highest BCUT2D eigenvalue weighted by atomic mass is 16.5. The highest BCUT2D eigenvalue weighted by molar-refractivity contribution is 5.87. The molecule has 0 saturated carbocycles. The Bertz CT molecular complexity index is 1080. The van der Waals surface area contributed by atoms with Crippen molar-refractivity contribution in [1.82, 2.24) is 0 Å². The van der Waals surface area contributed by atoms with E-state index in [1.807, 2.05) is 44.2 Å². The van der Waals surface area contributed by atoms with Crippen molar-refractivity contribution in [1.29, 1.82) is 0 Å². The van der Waals surface area contributed by atoms with Crippen LogP contribution in [-0.2, 0) is 16.0 Å². The SMILES string of the molecule is COc1ccc(C[C@H]2CO[C@H](c3cc(OC)c(OC)c(OC)c3)[C@@H]2CC(C(=O)O)=C(C)C)cc1OC. The molecule has 8 nitrogen and oxygen atoms in total. The quantitative estimate of drug-likeness (QED) is 0.427. The third-order valence-corrected chi connectivity index (χ3v) is 6.75. The molecule has 0 bridgehead atoms. The van der Waals surface area contributed by atoms with Gasteiger partial charge in [0.1, 0.15) is 0 Å². The Morgan fingerprint density at radius 1 is 0.889 bits per heavy atom. The second-order valence-corrected chi connectivity index (χ2v) is 9.02. The predicted octanol–water partition coefficient (Wildman–Crippen LogP) is 5.09. The largest absolute Gasteiger partial charge is 0.493 e. The maximum Gasteiger partial charge on any atom is 0.331 e. The Hall–Kier alpha value is -3.39. The van der Waals surface area contributed by atoms with Crippen LogP contribution in [0.3, 0.4) is 0 Å². The van der Waals surface area contributed by atoms with E-state index in [1.165, 1.54) is 0 Å². The van der Waals surface area contributed by atoms with E-state index in [4.69, 9.17) is 28.4 Å². The van der Waals surface area contributed by atoms with Gasteiger partial charge in [0, 0.05) is 5.57 Å². The van der Waals surface area contributed by atoms with Gasteiger partial charge in [0.25, 0.3) is 0 Å². The molecule has 8 heteroatoms. The molecule has 1 aliphatic rings. The van der Waals surface area contributed by atoms with Gasteiger partial charge in [-0.15, -0.1) is 0 Å². The number of hydrogen-bond donors (Lipinski definition) is 1. The molecule has 0 amide bonds. The van der Waals surface area contributed by atoms with Gasteiger partial charge < -0.3 is 33.5 Å². The molecule has 0 radical (unpaired) electrons. The van der Waals surface area contributed by atoms with Gasteiger partial charge in [-0.25, -0.2) is 4.79 Å². The van der Waals surface area contributed by atoms with E-state index in [1.54, 1.807) is 35.5 Å². The van der Waals surface area contributed by atoms with Crippen LogP contribution >= 0.6 is 0 Å². The van der Waals surface area contributed by atoms with Crippen LogP contribution in [0.4, 0.5) is 0 Å². The van der Waals surface area contributed by atoms with Crippen molar-refractivity contribution in [2.24, 2.45) is 11.8 Å². The van der Waals surface area contributed by atoms with Gasteiger partial charge in [0.15, 0.2) is 23.0 Å². The van der Waals surface area contributed by atoms with E-state index < -0.39 is 5.97 Å². The number of carbonyl (C=O) groups is 1. The van der Waals surface area contributed by atoms with E-state index in [2.05, 4.69) is 0 Å². The third-order valence-electron chi connectivity index (χ3n) is 6.75. The van der Waals surface area contributed by atoms with E-state index >= 15 is 0 Å². The van der Waals surface area contributed by atoms with E-state index in [9.17, 15) is 9.90 Å². The van der Waals surface area contributed by atoms with E-state index in [-0.39, 0.29) is 17.9 Å². The standard InChI is InChI=1S/C28H36O8/c1-16(2)20(28(29)30)14-21-19(10-17-8-9-22(31-3)23(11-17)32-4)15-36-26(21)18-12-24(33-5)27(35-7)25(13-18)34-6/h8-9,11-13,19,21,26H,10,14-15H2,1-7H3,(H,29,30)/t19-,21+,26+/m0/s1. The molecule has 1 heterocycles. The number of methoxy groups -OCH3 is 5. The van der Waals surface area contributed by atoms with E-state index in [0.29, 0.717) is 53.8 Å². The number of carboxylic acid groups (broad SMARTS) is 1. The lowest BCUT2D eigenvalue weighted by atomic mass is 9.79. The van der Waals surface area contributed by atoms with Crippen molar-refractivity contribution in [2.75, 3.05) is 42.2 Å². The van der Waals surface area contributed by atoms with Crippen molar-refractivity contribution in [3.63, 3.8) is 0 Å².